The minimum atomic E-state index is 0.114. The van der Waals surface area contributed by atoms with E-state index in [1.165, 1.54) is 10.9 Å². The molecule has 0 aromatic heterocycles. The highest BCUT2D eigenvalue weighted by atomic mass is 16.5. The summed E-state index contributed by atoms with van der Waals surface area (Å²) in [6.07, 6.45) is 0. The first-order valence-corrected chi connectivity index (χ1v) is 7.15. The van der Waals surface area contributed by atoms with Crippen molar-refractivity contribution >= 4 is 16.7 Å². The molecule has 0 aliphatic carbocycles. The summed E-state index contributed by atoms with van der Waals surface area (Å²) in [6, 6.07) is 12.3. The second-order valence-corrected chi connectivity index (χ2v) is 5.06. The smallest absolute Gasteiger partial charge is 0.236 e. The quantitative estimate of drug-likeness (QED) is 0.886. The predicted molar refractivity (Wildman–Crippen MR) is 85.5 cm³/mol. The third-order valence-electron chi connectivity index (χ3n) is 3.62. The molecule has 2 aromatic rings. The van der Waals surface area contributed by atoms with Crippen LogP contribution in [0.15, 0.2) is 36.4 Å². The number of carbonyl (C=O) groups is 1. The van der Waals surface area contributed by atoms with Gasteiger partial charge in [0.2, 0.25) is 5.91 Å². The summed E-state index contributed by atoms with van der Waals surface area (Å²) in [5, 5.41) is 5.51. The number of rotatable bonds is 6. The number of likely N-dealkylation sites (N-methyl/N-ethyl adjacent to an activating group) is 1. The van der Waals surface area contributed by atoms with Crippen molar-refractivity contribution in [1.29, 1.82) is 0 Å². The van der Waals surface area contributed by atoms with E-state index in [-0.39, 0.29) is 5.91 Å². The third kappa shape index (κ3) is 3.95. The van der Waals surface area contributed by atoms with Crippen LogP contribution in [0.1, 0.15) is 12.5 Å². The number of hydrogen-bond donors (Lipinski definition) is 1. The fraction of sp³-hybridized carbons (Fsp3) is 0.353. The van der Waals surface area contributed by atoms with Gasteiger partial charge in [-0.25, -0.2) is 0 Å². The molecular formula is C17H22N2O2. The van der Waals surface area contributed by atoms with Gasteiger partial charge in [0.05, 0.1) is 13.7 Å². The molecule has 2 rings (SSSR count). The summed E-state index contributed by atoms with van der Waals surface area (Å²) in [5.74, 6) is 0.976. The van der Waals surface area contributed by atoms with Gasteiger partial charge in [-0.05, 0) is 41.5 Å². The van der Waals surface area contributed by atoms with E-state index < -0.39 is 0 Å². The lowest BCUT2D eigenvalue weighted by Gasteiger charge is -2.14. The van der Waals surface area contributed by atoms with Crippen molar-refractivity contribution in [3.05, 3.63) is 42.0 Å². The second kappa shape index (κ2) is 7.09. The molecule has 21 heavy (non-hydrogen) atoms. The molecule has 0 atom stereocenters. The molecule has 0 spiro atoms. The van der Waals surface area contributed by atoms with Gasteiger partial charge in [0, 0.05) is 20.1 Å². The van der Waals surface area contributed by atoms with Crippen molar-refractivity contribution in [2.24, 2.45) is 0 Å². The molecule has 1 N–H and O–H groups in total. The molecule has 0 fully saturated rings. The van der Waals surface area contributed by atoms with E-state index in [0.717, 1.165) is 17.7 Å². The molecule has 0 aliphatic heterocycles. The van der Waals surface area contributed by atoms with Crippen molar-refractivity contribution in [2.75, 3.05) is 27.2 Å². The van der Waals surface area contributed by atoms with Crippen molar-refractivity contribution < 1.29 is 9.53 Å². The van der Waals surface area contributed by atoms with Crippen LogP contribution in [0.3, 0.4) is 0 Å². The molecule has 4 heteroatoms. The zero-order valence-corrected chi connectivity index (χ0v) is 12.8. The number of hydrogen-bond acceptors (Lipinski definition) is 3. The number of amides is 1. The lowest BCUT2D eigenvalue weighted by atomic mass is 10.1. The highest BCUT2D eigenvalue weighted by Gasteiger charge is 2.05. The van der Waals surface area contributed by atoms with Crippen molar-refractivity contribution in [2.45, 2.75) is 13.5 Å². The Morgan fingerprint density at radius 1 is 1.19 bits per heavy atom. The molecule has 1 amide bonds. The van der Waals surface area contributed by atoms with Gasteiger partial charge in [-0.15, -0.1) is 0 Å². The van der Waals surface area contributed by atoms with E-state index in [4.69, 9.17) is 4.74 Å². The van der Waals surface area contributed by atoms with E-state index in [2.05, 4.69) is 23.5 Å². The molecule has 0 aliphatic rings. The molecule has 0 saturated heterocycles. The maximum Gasteiger partial charge on any atom is 0.236 e. The summed E-state index contributed by atoms with van der Waals surface area (Å²) < 4.78 is 5.22. The summed E-state index contributed by atoms with van der Waals surface area (Å²) in [4.78, 5) is 13.4. The van der Waals surface area contributed by atoms with Crippen LogP contribution in [-0.4, -0.2) is 38.1 Å². The van der Waals surface area contributed by atoms with Crippen LogP contribution >= 0.6 is 0 Å². The molecule has 0 radical (unpaired) electrons. The molecule has 0 heterocycles. The van der Waals surface area contributed by atoms with Crippen LogP contribution in [0.5, 0.6) is 5.75 Å². The topological polar surface area (TPSA) is 41.6 Å². The average Bonchev–Trinajstić information content (AvgIpc) is 2.53. The van der Waals surface area contributed by atoms with Gasteiger partial charge < -0.3 is 15.0 Å². The average molecular weight is 286 g/mol. The molecule has 0 unspecified atom stereocenters. The van der Waals surface area contributed by atoms with Crippen molar-refractivity contribution in [3.63, 3.8) is 0 Å². The first-order chi connectivity index (χ1) is 10.1. The Hall–Kier alpha value is -2.07. The highest BCUT2D eigenvalue weighted by molar-refractivity contribution is 5.84. The fourth-order valence-electron chi connectivity index (χ4n) is 2.14. The number of nitrogens with one attached hydrogen (secondary N) is 1. The van der Waals surface area contributed by atoms with Crippen LogP contribution in [-0.2, 0) is 11.3 Å². The Labute approximate surface area is 125 Å². The van der Waals surface area contributed by atoms with E-state index >= 15 is 0 Å². The molecule has 112 valence electrons. The Kier molecular flexibility index (Phi) is 5.17. The van der Waals surface area contributed by atoms with Gasteiger partial charge in [-0.3, -0.25) is 4.79 Å². The van der Waals surface area contributed by atoms with Gasteiger partial charge in [-0.2, -0.15) is 0 Å². The first-order valence-electron chi connectivity index (χ1n) is 7.15. The molecule has 4 nitrogen and oxygen atoms in total. The Bertz CT molecular complexity index is 625. The van der Waals surface area contributed by atoms with Gasteiger partial charge in [0.25, 0.3) is 0 Å². The fourth-order valence-corrected chi connectivity index (χ4v) is 2.14. The normalized spacial score (nSPS) is 10.6. The lowest BCUT2D eigenvalue weighted by Crippen LogP contribution is -2.35. The Morgan fingerprint density at radius 2 is 1.90 bits per heavy atom. The monoisotopic (exact) mass is 286 g/mol. The Balaban J connectivity index is 1.98. The third-order valence-corrected chi connectivity index (χ3v) is 3.62. The van der Waals surface area contributed by atoms with E-state index in [1.54, 1.807) is 12.0 Å². The number of benzene rings is 2. The van der Waals surface area contributed by atoms with Crippen LogP contribution in [0.2, 0.25) is 0 Å². The maximum absolute atomic E-state index is 11.7. The number of methoxy groups -OCH3 is 1. The van der Waals surface area contributed by atoms with Gasteiger partial charge >= 0.3 is 0 Å². The summed E-state index contributed by atoms with van der Waals surface area (Å²) in [5.41, 5.74) is 1.17. The van der Waals surface area contributed by atoms with E-state index in [9.17, 15) is 4.79 Å². The SMILES string of the molecule is CCN(C)C(=O)CNCc1ccc2cc(OC)ccc2c1. The van der Waals surface area contributed by atoms with E-state index in [0.29, 0.717) is 13.1 Å². The number of carbonyl (C=O) groups excluding carboxylic acids is 1. The van der Waals surface area contributed by atoms with Gasteiger partial charge in [0.1, 0.15) is 5.75 Å². The molecule has 0 bridgehead atoms. The zero-order valence-electron chi connectivity index (χ0n) is 12.8. The first kappa shape index (κ1) is 15.3. The van der Waals surface area contributed by atoms with E-state index in [1.807, 2.05) is 32.2 Å². The second-order valence-electron chi connectivity index (χ2n) is 5.06. The Morgan fingerprint density at radius 3 is 2.62 bits per heavy atom. The van der Waals surface area contributed by atoms with Crippen LogP contribution in [0.4, 0.5) is 0 Å². The minimum absolute atomic E-state index is 0.114. The standard InChI is InChI=1S/C17H22N2O2/c1-4-19(2)17(20)12-18-11-13-5-6-15-10-16(21-3)8-7-14(15)9-13/h5-10,18H,4,11-12H2,1-3H3. The van der Waals surface area contributed by atoms with Crippen LogP contribution in [0.25, 0.3) is 10.8 Å². The predicted octanol–water partition coefficient (Wildman–Crippen LogP) is 2.42. The van der Waals surface area contributed by atoms with Gasteiger partial charge in [0.15, 0.2) is 0 Å². The van der Waals surface area contributed by atoms with Crippen LogP contribution in [0, 0.1) is 0 Å². The summed E-state index contributed by atoms with van der Waals surface area (Å²) >= 11 is 0. The lowest BCUT2D eigenvalue weighted by molar-refractivity contribution is -0.128. The summed E-state index contributed by atoms with van der Waals surface area (Å²) in [6.45, 7) is 3.75. The highest BCUT2D eigenvalue weighted by Crippen LogP contribution is 2.21. The molecule has 0 saturated carbocycles. The van der Waals surface area contributed by atoms with Crippen molar-refractivity contribution in [1.82, 2.24) is 10.2 Å². The largest absolute Gasteiger partial charge is 0.497 e. The number of nitrogens with zero attached hydrogens (tertiary/aromatic N) is 1. The zero-order chi connectivity index (χ0) is 15.2. The maximum atomic E-state index is 11.7. The van der Waals surface area contributed by atoms with Gasteiger partial charge in [-0.1, -0.05) is 18.2 Å². The van der Waals surface area contributed by atoms with Crippen LogP contribution < -0.4 is 10.1 Å². The van der Waals surface area contributed by atoms with Crippen molar-refractivity contribution in [3.8, 4) is 5.75 Å². The summed E-state index contributed by atoms with van der Waals surface area (Å²) in [7, 11) is 3.48. The molecule has 2 aromatic carbocycles. The number of ether oxygens (including phenoxy) is 1. The molecular weight excluding hydrogens is 264 g/mol. The minimum Gasteiger partial charge on any atom is -0.497 e. The number of fused-ring (bicyclic) bond motifs is 1.